The van der Waals surface area contributed by atoms with E-state index in [-0.39, 0.29) is 0 Å². The second-order valence-electron chi connectivity index (χ2n) is 13.1. The van der Waals surface area contributed by atoms with Gasteiger partial charge in [0.05, 0.1) is 27.7 Å². The summed E-state index contributed by atoms with van der Waals surface area (Å²) >= 11 is 0. The number of benzene rings is 8. The predicted molar refractivity (Wildman–Crippen MR) is 215 cm³/mol. The molecular formula is C49H30N2O. The van der Waals surface area contributed by atoms with Gasteiger partial charge in [-0.2, -0.15) is 5.26 Å². The number of furan rings is 1. The van der Waals surface area contributed by atoms with Crippen molar-refractivity contribution in [3.05, 3.63) is 188 Å². The first-order chi connectivity index (χ1) is 25.8. The van der Waals surface area contributed by atoms with Gasteiger partial charge in [0.2, 0.25) is 0 Å². The Morgan fingerprint density at radius 3 is 1.40 bits per heavy atom. The molecule has 10 rings (SSSR count). The first-order valence-electron chi connectivity index (χ1n) is 17.5. The van der Waals surface area contributed by atoms with Crippen molar-refractivity contribution in [3.8, 4) is 56.3 Å². The standard InChI is InChI=1S/C49H30N2O/c50-31-39-43(32-17-5-1-6-18-32)45(34-21-9-3-10-22-34)48(46(35-23-11-4-12-24-35)44(39)33-19-7-2-8-20-33)51-40-27-15-13-26-38(40)47-41(51)30-29-37-36-25-14-16-28-42(36)52-49(37)47/h1-30H. The highest BCUT2D eigenvalue weighted by Gasteiger charge is 2.30. The zero-order valence-electron chi connectivity index (χ0n) is 28.1. The molecule has 0 atom stereocenters. The summed E-state index contributed by atoms with van der Waals surface area (Å²) in [4.78, 5) is 0. The van der Waals surface area contributed by atoms with Gasteiger partial charge < -0.3 is 8.98 Å². The molecule has 2 aromatic heterocycles. The van der Waals surface area contributed by atoms with Crippen molar-refractivity contribution in [1.82, 2.24) is 4.57 Å². The fourth-order valence-electron chi connectivity index (χ4n) is 8.11. The molecule has 0 amide bonds. The van der Waals surface area contributed by atoms with Gasteiger partial charge in [0.1, 0.15) is 17.2 Å². The molecule has 52 heavy (non-hydrogen) atoms. The first kappa shape index (κ1) is 29.7. The fourth-order valence-corrected chi connectivity index (χ4v) is 8.11. The van der Waals surface area contributed by atoms with Crippen molar-refractivity contribution in [2.45, 2.75) is 0 Å². The van der Waals surface area contributed by atoms with E-state index in [1.807, 2.05) is 36.4 Å². The number of hydrogen-bond acceptors (Lipinski definition) is 2. The van der Waals surface area contributed by atoms with Gasteiger partial charge in [-0.25, -0.2) is 0 Å². The van der Waals surface area contributed by atoms with E-state index in [1.165, 1.54) is 0 Å². The van der Waals surface area contributed by atoms with Crippen molar-refractivity contribution < 1.29 is 4.42 Å². The zero-order chi connectivity index (χ0) is 34.6. The van der Waals surface area contributed by atoms with Crippen LogP contribution < -0.4 is 0 Å². The van der Waals surface area contributed by atoms with Crippen molar-refractivity contribution in [2.75, 3.05) is 0 Å². The molecule has 0 radical (unpaired) electrons. The van der Waals surface area contributed by atoms with Crippen LogP contribution in [0.3, 0.4) is 0 Å². The number of nitriles is 1. The van der Waals surface area contributed by atoms with Gasteiger partial charge in [0.25, 0.3) is 0 Å². The summed E-state index contributed by atoms with van der Waals surface area (Å²) in [6.07, 6.45) is 0. The van der Waals surface area contributed by atoms with Crippen LogP contribution >= 0.6 is 0 Å². The lowest BCUT2D eigenvalue weighted by molar-refractivity contribution is 0.673. The van der Waals surface area contributed by atoms with Gasteiger partial charge in [-0.3, -0.25) is 0 Å². The fraction of sp³-hybridized carbons (Fsp3) is 0. The maximum atomic E-state index is 11.3. The minimum atomic E-state index is 0.638. The summed E-state index contributed by atoms with van der Waals surface area (Å²) in [5.41, 5.74) is 13.3. The molecule has 242 valence electrons. The van der Waals surface area contributed by atoms with Gasteiger partial charge in [0.15, 0.2) is 0 Å². The van der Waals surface area contributed by atoms with E-state index < -0.39 is 0 Å². The van der Waals surface area contributed by atoms with E-state index in [0.717, 1.165) is 93.9 Å². The van der Waals surface area contributed by atoms with Crippen LogP contribution in [0.4, 0.5) is 0 Å². The van der Waals surface area contributed by atoms with E-state index in [1.54, 1.807) is 0 Å². The Kier molecular flexibility index (Phi) is 6.87. The van der Waals surface area contributed by atoms with Gasteiger partial charge in [-0.1, -0.05) is 158 Å². The lowest BCUT2D eigenvalue weighted by Crippen LogP contribution is -2.07. The van der Waals surface area contributed by atoms with E-state index in [2.05, 4.69) is 156 Å². The molecule has 0 saturated carbocycles. The first-order valence-corrected chi connectivity index (χ1v) is 17.5. The summed E-state index contributed by atoms with van der Waals surface area (Å²) in [6.45, 7) is 0. The SMILES string of the molecule is N#Cc1c(-c2ccccc2)c(-c2ccccc2)c(-n2c3ccccc3c3c4oc5ccccc5c4ccc32)c(-c2ccccc2)c1-c1ccccc1. The highest BCUT2D eigenvalue weighted by Crippen LogP contribution is 2.52. The van der Waals surface area contributed by atoms with Crippen molar-refractivity contribution in [3.63, 3.8) is 0 Å². The molecule has 0 aliphatic heterocycles. The molecule has 2 heterocycles. The van der Waals surface area contributed by atoms with E-state index in [4.69, 9.17) is 4.42 Å². The largest absolute Gasteiger partial charge is 0.455 e. The molecular weight excluding hydrogens is 633 g/mol. The van der Waals surface area contributed by atoms with Gasteiger partial charge in [-0.05, 0) is 46.5 Å². The molecule has 3 heteroatoms. The Morgan fingerprint density at radius 1 is 0.404 bits per heavy atom. The molecule has 0 spiro atoms. The second kappa shape index (κ2) is 12.0. The molecule has 0 bridgehead atoms. The minimum Gasteiger partial charge on any atom is -0.455 e. The third-order valence-corrected chi connectivity index (χ3v) is 10.2. The summed E-state index contributed by atoms with van der Waals surface area (Å²) < 4.78 is 9.14. The normalized spacial score (nSPS) is 11.4. The maximum Gasteiger partial charge on any atom is 0.145 e. The average molecular weight is 663 g/mol. The molecule has 0 saturated heterocycles. The summed E-state index contributed by atoms with van der Waals surface area (Å²) in [5, 5.41) is 15.7. The summed E-state index contributed by atoms with van der Waals surface area (Å²) in [6, 6.07) is 65.9. The van der Waals surface area contributed by atoms with Gasteiger partial charge >= 0.3 is 0 Å². The minimum absolute atomic E-state index is 0.638. The third kappa shape index (κ3) is 4.45. The molecule has 0 unspecified atom stereocenters. The lowest BCUT2D eigenvalue weighted by atomic mass is 9.79. The maximum absolute atomic E-state index is 11.3. The monoisotopic (exact) mass is 662 g/mol. The van der Waals surface area contributed by atoms with Crippen LogP contribution in [0.1, 0.15) is 5.56 Å². The quantitative estimate of drug-likeness (QED) is 0.184. The number of rotatable bonds is 5. The van der Waals surface area contributed by atoms with Crippen LogP contribution in [0, 0.1) is 11.3 Å². The van der Waals surface area contributed by atoms with Gasteiger partial charge in [0, 0.05) is 38.4 Å². The van der Waals surface area contributed by atoms with Crippen LogP contribution in [-0.4, -0.2) is 4.57 Å². The van der Waals surface area contributed by atoms with E-state index >= 15 is 0 Å². The molecule has 0 N–H and O–H groups in total. The molecule has 0 fully saturated rings. The molecule has 0 aliphatic rings. The Balaban J connectivity index is 1.52. The van der Waals surface area contributed by atoms with Crippen molar-refractivity contribution in [1.29, 1.82) is 5.26 Å². The Hall–Kier alpha value is -7.15. The van der Waals surface area contributed by atoms with Crippen molar-refractivity contribution in [2.24, 2.45) is 0 Å². The lowest BCUT2D eigenvalue weighted by Gasteiger charge is -2.27. The number of aromatic nitrogens is 1. The number of para-hydroxylation sites is 2. The average Bonchev–Trinajstić information content (AvgIpc) is 3.77. The smallest absolute Gasteiger partial charge is 0.145 e. The number of fused-ring (bicyclic) bond motifs is 7. The van der Waals surface area contributed by atoms with E-state index in [9.17, 15) is 5.26 Å². The Bertz CT molecular complexity index is 2880. The summed E-state index contributed by atoms with van der Waals surface area (Å²) in [5.74, 6) is 0. The molecule has 0 aliphatic carbocycles. The van der Waals surface area contributed by atoms with E-state index in [0.29, 0.717) is 5.56 Å². The Morgan fingerprint density at radius 2 is 0.865 bits per heavy atom. The second-order valence-corrected chi connectivity index (χ2v) is 13.1. The van der Waals surface area contributed by atoms with Crippen LogP contribution in [0.2, 0.25) is 0 Å². The van der Waals surface area contributed by atoms with Crippen LogP contribution in [0.5, 0.6) is 0 Å². The topological polar surface area (TPSA) is 41.9 Å². The van der Waals surface area contributed by atoms with Crippen LogP contribution in [0.25, 0.3) is 93.9 Å². The Labute approximate surface area is 300 Å². The highest BCUT2D eigenvalue weighted by molar-refractivity contribution is 6.24. The molecule has 3 nitrogen and oxygen atoms in total. The number of nitrogens with zero attached hydrogens (tertiary/aromatic N) is 2. The predicted octanol–water partition coefficient (Wildman–Crippen LogP) is 13.2. The summed E-state index contributed by atoms with van der Waals surface area (Å²) in [7, 11) is 0. The van der Waals surface area contributed by atoms with Crippen LogP contribution in [-0.2, 0) is 0 Å². The molecule has 10 aromatic rings. The zero-order valence-corrected chi connectivity index (χ0v) is 28.1. The van der Waals surface area contributed by atoms with Gasteiger partial charge in [-0.15, -0.1) is 0 Å². The number of hydrogen-bond donors (Lipinski definition) is 0. The highest BCUT2D eigenvalue weighted by atomic mass is 16.3. The molecule has 8 aromatic carbocycles. The third-order valence-electron chi connectivity index (χ3n) is 10.2. The van der Waals surface area contributed by atoms with Crippen LogP contribution in [0.15, 0.2) is 186 Å². The van der Waals surface area contributed by atoms with Crippen molar-refractivity contribution >= 4 is 43.7 Å².